The van der Waals surface area contributed by atoms with Crippen molar-refractivity contribution >= 4 is 5.96 Å². The molecule has 16 heavy (non-hydrogen) atoms. The Morgan fingerprint density at radius 3 is 2.06 bits per heavy atom. The van der Waals surface area contributed by atoms with Crippen LogP contribution in [0.5, 0.6) is 0 Å². The van der Waals surface area contributed by atoms with Gasteiger partial charge in [0, 0.05) is 19.6 Å². The summed E-state index contributed by atoms with van der Waals surface area (Å²) in [6, 6.07) is 0. The number of hydrogen-bond donors (Lipinski definition) is 1. The summed E-state index contributed by atoms with van der Waals surface area (Å²) in [5.41, 5.74) is 6.09. The minimum atomic E-state index is 0.599. The Balaban J connectivity index is 1.84. The second kappa shape index (κ2) is 5.07. The van der Waals surface area contributed by atoms with Crippen LogP contribution in [0.3, 0.4) is 0 Å². The molecule has 2 fully saturated rings. The van der Waals surface area contributed by atoms with Crippen LogP contribution >= 0.6 is 0 Å². The van der Waals surface area contributed by atoms with E-state index in [1.165, 1.54) is 25.7 Å². The molecular weight excluding hydrogens is 198 g/mol. The van der Waals surface area contributed by atoms with Crippen LogP contribution < -0.4 is 5.73 Å². The molecule has 0 aromatic carbocycles. The van der Waals surface area contributed by atoms with Crippen molar-refractivity contribution in [3.63, 3.8) is 0 Å². The molecule has 2 aliphatic carbocycles. The molecule has 2 rings (SSSR count). The Kier molecular flexibility index (Phi) is 3.72. The summed E-state index contributed by atoms with van der Waals surface area (Å²) < 4.78 is 0. The summed E-state index contributed by atoms with van der Waals surface area (Å²) in [7, 11) is 0. The summed E-state index contributed by atoms with van der Waals surface area (Å²) >= 11 is 0. The number of aliphatic imine (C=N–C) groups is 1. The Bertz CT molecular complexity index is 238. The van der Waals surface area contributed by atoms with E-state index in [-0.39, 0.29) is 0 Å². The topological polar surface area (TPSA) is 41.6 Å². The molecule has 0 aromatic rings. The SMILES string of the molecule is CC(C)CN=C(N)N(CC1CC1)CC1CC1. The zero-order valence-corrected chi connectivity index (χ0v) is 10.7. The fraction of sp³-hybridized carbons (Fsp3) is 0.923. The van der Waals surface area contributed by atoms with Crippen molar-refractivity contribution in [3.8, 4) is 0 Å². The lowest BCUT2D eigenvalue weighted by molar-refractivity contribution is 0.377. The molecule has 2 aliphatic rings. The quantitative estimate of drug-likeness (QED) is 0.553. The number of nitrogens with zero attached hydrogens (tertiary/aromatic N) is 2. The van der Waals surface area contributed by atoms with E-state index in [2.05, 4.69) is 23.7 Å². The summed E-state index contributed by atoms with van der Waals surface area (Å²) in [5, 5.41) is 0. The van der Waals surface area contributed by atoms with Crippen molar-refractivity contribution in [3.05, 3.63) is 0 Å². The van der Waals surface area contributed by atoms with Gasteiger partial charge in [-0.15, -0.1) is 0 Å². The summed E-state index contributed by atoms with van der Waals surface area (Å²) in [6.45, 7) is 7.51. The predicted molar refractivity (Wildman–Crippen MR) is 68.3 cm³/mol. The first-order valence-corrected chi connectivity index (χ1v) is 6.70. The van der Waals surface area contributed by atoms with Gasteiger partial charge in [0.1, 0.15) is 0 Å². The van der Waals surface area contributed by atoms with Crippen LogP contribution in [0.1, 0.15) is 39.5 Å². The lowest BCUT2D eigenvalue weighted by atomic mass is 10.2. The molecule has 3 heteroatoms. The van der Waals surface area contributed by atoms with Gasteiger partial charge < -0.3 is 10.6 Å². The molecule has 0 bridgehead atoms. The average molecular weight is 223 g/mol. The highest BCUT2D eigenvalue weighted by molar-refractivity contribution is 5.78. The molecule has 0 atom stereocenters. The fourth-order valence-electron chi connectivity index (χ4n) is 1.86. The number of hydrogen-bond acceptors (Lipinski definition) is 1. The molecule has 0 heterocycles. The van der Waals surface area contributed by atoms with Crippen molar-refractivity contribution in [2.24, 2.45) is 28.5 Å². The Morgan fingerprint density at radius 1 is 1.19 bits per heavy atom. The van der Waals surface area contributed by atoms with Crippen molar-refractivity contribution in [2.45, 2.75) is 39.5 Å². The summed E-state index contributed by atoms with van der Waals surface area (Å²) in [5.74, 6) is 3.17. The van der Waals surface area contributed by atoms with E-state index in [1.807, 2.05) is 0 Å². The highest BCUT2D eigenvalue weighted by Crippen LogP contribution is 2.33. The second-order valence-corrected chi connectivity index (χ2v) is 5.88. The van der Waals surface area contributed by atoms with Crippen LogP contribution in [0, 0.1) is 17.8 Å². The van der Waals surface area contributed by atoms with Crippen LogP contribution in [0.15, 0.2) is 4.99 Å². The van der Waals surface area contributed by atoms with Gasteiger partial charge in [0.2, 0.25) is 0 Å². The van der Waals surface area contributed by atoms with E-state index in [0.717, 1.165) is 37.4 Å². The smallest absolute Gasteiger partial charge is 0.191 e. The zero-order chi connectivity index (χ0) is 11.5. The Labute approximate surface area is 99.1 Å². The standard InChI is InChI=1S/C13H25N3/c1-10(2)7-15-13(14)16(8-11-3-4-11)9-12-5-6-12/h10-12H,3-9H2,1-2H3,(H2,14,15). The molecule has 0 radical (unpaired) electrons. The molecule has 0 aliphatic heterocycles. The molecular formula is C13H25N3. The van der Waals surface area contributed by atoms with Crippen LogP contribution in [0.4, 0.5) is 0 Å². The lowest BCUT2D eigenvalue weighted by Gasteiger charge is -2.23. The van der Waals surface area contributed by atoms with Gasteiger partial charge in [-0.3, -0.25) is 4.99 Å². The molecule has 0 aromatic heterocycles. The first-order valence-electron chi connectivity index (χ1n) is 6.70. The van der Waals surface area contributed by atoms with Gasteiger partial charge in [-0.25, -0.2) is 0 Å². The van der Waals surface area contributed by atoms with Crippen LogP contribution in [-0.2, 0) is 0 Å². The van der Waals surface area contributed by atoms with E-state index in [9.17, 15) is 0 Å². The molecule has 3 nitrogen and oxygen atoms in total. The van der Waals surface area contributed by atoms with Gasteiger partial charge >= 0.3 is 0 Å². The third-order valence-electron chi connectivity index (χ3n) is 3.29. The molecule has 2 saturated carbocycles. The van der Waals surface area contributed by atoms with Crippen LogP contribution in [-0.4, -0.2) is 30.5 Å². The van der Waals surface area contributed by atoms with Crippen molar-refractivity contribution < 1.29 is 0 Å². The second-order valence-electron chi connectivity index (χ2n) is 5.88. The highest BCUT2D eigenvalue weighted by atomic mass is 15.3. The third kappa shape index (κ3) is 4.03. The first-order chi connectivity index (χ1) is 7.65. The summed E-state index contributed by atoms with van der Waals surface area (Å²) in [4.78, 5) is 6.84. The molecule has 2 N–H and O–H groups in total. The maximum Gasteiger partial charge on any atom is 0.191 e. The van der Waals surface area contributed by atoms with Crippen molar-refractivity contribution in [2.75, 3.05) is 19.6 Å². The van der Waals surface area contributed by atoms with Crippen molar-refractivity contribution in [1.82, 2.24) is 4.90 Å². The van der Waals surface area contributed by atoms with E-state index in [0.29, 0.717) is 5.92 Å². The number of nitrogens with two attached hydrogens (primary N) is 1. The fourth-order valence-corrected chi connectivity index (χ4v) is 1.86. The number of rotatable bonds is 6. The van der Waals surface area contributed by atoms with E-state index >= 15 is 0 Å². The van der Waals surface area contributed by atoms with Gasteiger partial charge in [0.15, 0.2) is 5.96 Å². The van der Waals surface area contributed by atoms with Gasteiger partial charge in [-0.1, -0.05) is 13.8 Å². The third-order valence-corrected chi connectivity index (χ3v) is 3.29. The average Bonchev–Trinajstić information content (AvgIpc) is 3.06. The monoisotopic (exact) mass is 223 g/mol. The maximum atomic E-state index is 6.09. The zero-order valence-electron chi connectivity index (χ0n) is 10.7. The first kappa shape index (κ1) is 11.7. The Morgan fingerprint density at radius 2 is 1.69 bits per heavy atom. The van der Waals surface area contributed by atoms with Gasteiger partial charge in [0.05, 0.1) is 0 Å². The lowest BCUT2D eigenvalue weighted by Crippen LogP contribution is -2.40. The van der Waals surface area contributed by atoms with Gasteiger partial charge in [0.25, 0.3) is 0 Å². The van der Waals surface area contributed by atoms with Gasteiger partial charge in [-0.05, 0) is 43.4 Å². The molecule has 92 valence electrons. The van der Waals surface area contributed by atoms with E-state index < -0.39 is 0 Å². The van der Waals surface area contributed by atoms with Crippen LogP contribution in [0.25, 0.3) is 0 Å². The minimum absolute atomic E-state index is 0.599. The largest absolute Gasteiger partial charge is 0.370 e. The molecule has 0 amide bonds. The summed E-state index contributed by atoms with van der Waals surface area (Å²) in [6.07, 6.45) is 5.55. The highest BCUT2D eigenvalue weighted by Gasteiger charge is 2.29. The molecule has 0 unspecified atom stereocenters. The maximum absolute atomic E-state index is 6.09. The Hall–Kier alpha value is -0.730. The van der Waals surface area contributed by atoms with Gasteiger partial charge in [-0.2, -0.15) is 0 Å². The van der Waals surface area contributed by atoms with Crippen molar-refractivity contribution in [1.29, 1.82) is 0 Å². The molecule has 0 spiro atoms. The normalized spacial score (nSPS) is 21.6. The molecule has 0 saturated heterocycles. The van der Waals surface area contributed by atoms with Crippen LogP contribution in [0.2, 0.25) is 0 Å². The minimum Gasteiger partial charge on any atom is -0.370 e. The van der Waals surface area contributed by atoms with E-state index in [1.54, 1.807) is 0 Å². The number of guanidine groups is 1. The predicted octanol–water partition coefficient (Wildman–Crippen LogP) is 2.08. The van der Waals surface area contributed by atoms with E-state index in [4.69, 9.17) is 5.73 Å².